The van der Waals surface area contributed by atoms with E-state index in [2.05, 4.69) is 36.2 Å². The molecule has 0 bridgehead atoms. The van der Waals surface area contributed by atoms with Crippen LogP contribution < -0.4 is 10.5 Å². The Morgan fingerprint density at radius 2 is 2.06 bits per heavy atom. The topological polar surface area (TPSA) is 61.0 Å². The van der Waals surface area contributed by atoms with Gasteiger partial charge in [0.1, 0.15) is 10.8 Å². The quantitative estimate of drug-likeness (QED) is 0.843. The van der Waals surface area contributed by atoms with Crippen LogP contribution in [0.3, 0.4) is 0 Å². The van der Waals surface area contributed by atoms with Gasteiger partial charge >= 0.3 is 0 Å². The molecule has 2 rings (SSSR count). The molecule has 2 aromatic rings. The van der Waals surface area contributed by atoms with Gasteiger partial charge in [0, 0.05) is 6.42 Å². The molecule has 0 spiro atoms. The Hall–Kier alpha value is -1.62. The second kappa shape index (κ2) is 5.82. The highest BCUT2D eigenvalue weighted by Crippen LogP contribution is 2.17. The largest absolute Gasteiger partial charge is 0.494 e. The van der Waals surface area contributed by atoms with Gasteiger partial charge in [-0.25, -0.2) is 0 Å². The van der Waals surface area contributed by atoms with E-state index in [0.717, 1.165) is 23.6 Å². The van der Waals surface area contributed by atoms with E-state index in [1.165, 1.54) is 22.5 Å². The number of nitrogens with two attached hydrogens (primary N) is 1. The summed E-state index contributed by atoms with van der Waals surface area (Å²) in [6.45, 7) is 4.87. The molecule has 4 nitrogen and oxygen atoms in total. The molecule has 1 aromatic heterocycles. The first-order valence-electron chi connectivity index (χ1n) is 5.93. The predicted octanol–water partition coefficient (Wildman–Crippen LogP) is 2.75. The Bertz CT molecular complexity index is 525. The highest BCUT2D eigenvalue weighted by molar-refractivity contribution is 7.15. The van der Waals surface area contributed by atoms with Crippen molar-refractivity contribution in [1.82, 2.24) is 10.2 Å². The summed E-state index contributed by atoms with van der Waals surface area (Å²) >= 11 is 1.44. The highest BCUT2D eigenvalue weighted by Gasteiger charge is 2.01. The van der Waals surface area contributed by atoms with Crippen LogP contribution in [-0.2, 0) is 6.42 Å². The van der Waals surface area contributed by atoms with E-state index in [-0.39, 0.29) is 0 Å². The molecule has 96 valence electrons. The van der Waals surface area contributed by atoms with Crippen molar-refractivity contribution in [2.45, 2.75) is 26.7 Å². The molecular weight excluding hydrogens is 246 g/mol. The SMILES string of the molecule is Cc1ccc(OCCCc2nnc(N)s2)cc1C. The van der Waals surface area contributed by atoms with Crippen LogP contribution in [0.4, 0.5) is 5.13 Å². The fourth-order valence-electron chi connectivity index (χ4n) is 1.58. The van der Waals surface area contributed by atoms with Crippen LogP contribution in [0.1, 0.15) is 22.6 Å². The predicted molar refractivity (Wildman–Crippen MR) is 74.1 cm³/mol. The molecule has 0 saturated heterocycles. The van der Waals surface area contributed by atoms with Gasteiger partial charge in [-0.2, -0.15) is 0 Å². The molecule has 0 amide bonds. The van der Waals surface area contributed by atoms with Gasteiger partial charge in [-0.05, 0) is 43.5 Å². The monoisotopic (exact) mass is 263 g/mol. The number of aromatic nitrogens is 2. The molecule has 0 fully saturated rings. The molecule has 1 aromatic carbocycles. The Kier molecular flexibility index (Phi) is 4.15. The van der Waals surface area contributed by atoms with Gasteiger partial charge in [0.15, 0.2) is 0 Å². The van der Waals surface area contributed by atoms with Crippen molar-refractivity contribution in [3.8, 4) is 5.75 Å². The van der Waals surface area contributed by atoms with E-state index in [0.29, 0.717) is 11.7 Å². The summed E-state index contributed by atoms with van der Waals surface area (Å²) in [7, 11) is 0. The van der Waals surface area contributed by atoms with Crippen molar-refractivity contribution >= 4 is 16.5 Å². The number of hydrogen-bond acceptors (Lipinski definition) is 5. The van der Waals surface area contributed by atoms with E-state index in [1.807, 2.05) is 6.07 Å². The number of rotatable bonds is 5. The molecule has 0 saturated carbocycles. The molecule has 0 aliphatic rings. The van der Waals surface area contributed by atoms with Crippen LogP contribution in [-0.4, -0.2) is 16.8 Å². The van der Waals surface area contributed by atoms with Crippen molar-refractivity contribution in [3.05, 3.63) is 34.3 Å². The van der Waals surface area contributed by atoms with E-state index in [4.69, 9.17) is 10.5 Å². The molecule has 0 aliphatic carbocycles. The first-order chi connectivity index (χ1) is 8.65. The fourth-order valence-corrected chi connectivity index (χ4v) is 2.24. The molecule has 0 aliphatic heterocycles. The van der Waals surface area contributed by atoms with E-state index in [9.17, 15) is 0 Å². The minimum absolute atomic E-state index is 0.528. The van der Waals surface area contributed by atoms with Crippen LogP contribution in [0.25, 0.3) is 0 Å². The van der Waals surface area contributed by atoms with Gasteiger partial charge in [0.05, 0.1) is 6.61 Å². The summed E-state index contributed by atoms with van der Waals surface area (Å²) in [5, 5.41) is 9.25. The van der Waals surface area contributed by atoms with E-state index >= 15 is 0 Å². The van der Waals surface area contributed by atoms with Gasteiger partial charge < -0.3 is 10.5 Å². The molecule has 0 unspecified atom stereocenters. The molecule has 0 atom stereocenters. The lowest BCUT2D eigenvalue weighted by Crippen LogP contribution is -1.99. The Morgan fingerprint density at radius 3 is 2.72 bits per heavy atom. The standard InChI is InChI=1S/C13H17N3OS/c1-9-5-6-11(8-10(9)2)17-7-3-4-12-15-16-13(14)18-12/h5-6,8H,3-4,7H2,1-2H3,(H2,14,16). The maximum Gasteiger partial charge on any atom is 0.203 e. The molecule has 1 heterocycles. The zero-order valence-corrected chi connectivity index (χ0v) is 11.5. The summed E-state index contributed by atoms with van der Waals surface area (Å²) in [5.41, 5.74) is 8.06. The van der Waals surface area contributed by atoms with Crippen LogP contribution in [0.15, 0.2) is 18.2 Å². The number of nitrogen functional groups attached to an aromatic ring is 1. The van der Waals surface area contributed by atoms with Gasteiger partial charge in [-0.15, -0.1) is 10.2 Å². The summed E-state index contributed by atoms with van der Waals surface area (Å²) < 4.78 is 5.70. The minimum atomic E-state index is 0.528. The maximum absolute atomic E-state index is 5.70. The van der Waals surface area contributed by atoms with Crippen molar-refractivity contribution < 1.29 is 4.74 Å². The van der Waals surface area contributed by atoms with E-state index < -0.39 is 0 Å². The first kappa shape index (κ1) is 12.8. The number of hydrogen-bond donors (Lipinski definition) is 1. The first-order valence-corrected chi connectivity index (χ1v) is 6.75. The summed E-state index contributed by atoms with van der Waals surface area (Å²) in [5.74, 6) is 0.926. The maximum atomic E-state index is 5.70. The summed E-state index contributed by atoms with van der Waals surface area (Å²) in [6.07, 6.45) is 1.78. The van der Waals surface area contributed by atoms with Crippen molar-refractivity contribution in [1.29, 1.82) is 0 Å². The second-order valence-electron chi connectivity index (χ2n) is 4.23. The zero-order valence-electron chi connectivity index (χ0n) is 10.6. The van der Waals surface area contributed by atoms with Crippen molar-refractivity contribution in [3.63, 3.8) is 0 Å². The van der Waals surface area contributed by atoms with E-state index in [1.54, 1.807) is 0 Å². The Balaban J connectivity index is 1.76. The second-order valence-corrected chi connectivity index (χ2v) is 5.33. The Labute approximate surface area is 111 Å². The molecule has 2 N–H and O–H groups in total. The third-order valence-electron chi connectivity index (χ3n) is 2.76. The average molecular weight is 263 g/mol. The van der Waals surface area contributed by atoms with Crippen molar-refractivity contribution in [2.75, 3.05) is 12.3 Å². The fraction of sp³-hybridized carbons (Fsp3) is 0.385. The van der Waals surface area contributed by atoms with Crippen LogP contribution >= 0.6 is 11.3 Å². The third kappa shape index (κ3) is 3.43. The molecule has 0 radical (unpaired) electrons. The summed E-state index contributed by atoms with van der Waals surface area (Å²) in [6, 6.07) is 6.15. The third-order valence-corrected chi connectivity index (χ3v) is 3.58. The van der Waals surface area contributed by atoms with Crippen LogP contribution in [0, 0.1) is 13.8 Å². The number of ether oxygens (including phenoxy) is 1. The number of anilines is 1. The van der Waals surface area contributed by atoms with Gasteiger partial charge in [0.2, 0.25) is 5.13 Å². The lowest BCUT2D eigenvalue weighted by atomic mass is 10.1. The lowest BCUT2D eigenvalue weighted by Gasteiger charge is -2.07. The molecule has 5 heteroatoms. The number of benzene rings is 1. The van der Waals surface area contributed by atoms with Crippen LogP contribution in [0.5, 0.6) is 5.75 Å². The van der Waals surface area contributed by atoms with Crippen LogP contribution in [0.2, 0.25) is 0 Å². The van der Waals surface area contributed by atoms with Gasteiger partial charge in [-0.3, -0.25) is 0 Å². The highest BCUT2D eigenvalue weighted by atomic mass is 32.1. The lowest BCUT2D eigenvalue weighted by molar-refractivity contribution is 0.310. The zero-order chi connectivity index (χ0) is 13.0. The normalized spacial score (nSPS) is 10.6. The van der Waals surface area contributed by atoms with Gasteiger partial charge in [-0.1, -0.05) is 17.4 Å². The molecular formula is C13H17N3OS. The minimum Gasteiger partial charge on any atom is -0.494 e. The Morgan fingerprint density at radius 1 is 1.22 bits per heavy atom. The average Bonchev–Trinajstić information content (AvgIpc) is 2.75. The van der Waals surface area contributed by atoms with Gasteiger partial charge in [0.25, 0.3) is 0 Å². The molecule has 18 heavy (non-hydrogen) atoms. The van der Waals surface area contributed by atoms with Crippen molar-refractivity contribution in [2.24, 2.45) is 0 Å². The summed E-state index contributed by atoms with van der Waals surface area (Å²) in [4.78, 5) is 0. The smallest absolute Gasteiger partial charge is 0.203 e. The number of nitrogens with zero attached hydrogens (tertiary/aromatic N) is 2. The number of aryl methyl sites for hydroxylation is 3.